The largest absolute Gasteiger partial charge is 0.247 e. The Morgan fingerprint density at radius 2 is 0.918 bits per heavy atom. The number of para-hydroxylation sites is 1. The molecule has 2 nitrogen and oxygen atoms in total. The van der Waals surface area contributed by atoms with E-state index in [9.17, 15) is 0 Å². The van der Waals surface area contributed by atoms with E-state index in [4.69, 9.17) is 9.97 Å². The Kier molecular flexibility index (Phi) is 5.57. The van der Waals surface area contributed by atoms with Crippen molar-refractivity contribution in [2.75, 3.05) is 0 Å². The van der Waals surface area contributed by atoms with Crippen LogP contribution in [0.3, 0.4) is 0 Å². The van der Waals surface area contributed by atoms with Crippen molar-refractivity contribution in [3.8, 4) is 22.4 Å². The van der Waals surface area contributed by atoms with Crippen molar-refractivity contribution in [2.24, 2.45) is 0 Å². The van der Waals surface area contributed by atoms with E-state index in [-0.39, 0.29) is 0 Å². The first-order valence-corrected chi connectivity index (χ1v) is 17.5. The third-order valence-electron chi connectivity index (χ3n) is 10.2. The molecule has 0 saturated heterocycles. The molecule has 0 fully saturated rings. The highest BCUT2D eigenvalue weighted by molar-refractivity contribution is 7.26. The zero-order chi connectivity index (χ0) is 32.1. The average Bonchev–Trinajstić information content (AvgIpc) is 3.55. The molecule has 0 atom stereocenters. The van der Waals surface area contributed by atoms with E-state index >= 15 is 0 Å². The zero-order valence-electron chi connectivity index (χ0n) is 26.3. The minimum absolute atomic E-state index is 1.01. The first-order chi connectivity index (χ1) is 24.3. The maximum Gasteiger partial charge on any atom is 0.0794 e. The zero-order valence-corrected chi connectivity index (χ0v) is 27.1. The molecule has 226 valence electrons. The van der Waals surface area contributed by atoms with Crippen molar-refractivity contribution in [2.45, 2.75) is 0 Å². The van der Waals surface area contributed by atoms with Gasteiger partial charge in [-0.25, -0.2) is 9.97 Å². The second-order valence-electron chi connectivity index (χ2n) is 12.9. The van der Waals surface area contributed by atoms with Crippen LogP contribution in [0.15, 0.2) is 158 Å². The Hall–Kier alpha value is -6.16. The molecule has 49 heavy (non-hydrogen) atoms. The van der Waals surface area contributed by atoms with Crippen molar-refractivity contribution in [1.82, 2.24) is 9.97 Å². The van der Waals surface area contributed by atoms with E-state index in [1.165, 1.54) is 69.0 Å². The highest BCUT2D eigenvalue weighted by Gasteiger charge is 2.18. The minimum Gasteiger partial charge on any atom is -0.247 e. The van der Waals surface area contributed by atoms with Crippen molar-refractivity contribution < 1.29 is 0 Å². The Balaban J connectivity index is 1.18. The van der Waals surface area contributed by atoms with E-state index in [2.05, 4.69) is 158 Å². The lowest BCUT2D eigenvalue weighted by atomic mass is 9.91. The van der Waals surface area contributed by atoms with Crippen LogP contribution in [0.4, 0.5) is 0 Å². The summed E-state index contributed by atoms with van der Waals surface area (Å²) in [5, 5.41) is 13.4. The van der Waals surface area contributed by atoms with E-state index in [1.54, 1.807) is 0 Å². The second kappa shape index (κ2) is 10.2. The number of rotatable bonds is 2. The summed E-state index contributed by atoms with van der Waals surface area (Å²) >= 11 is 1.86. The van der Waals surface area contributed by atoms with Gasteiger partial charge in [-0.2, -0.15) is 0 Å². The molecule has 11 aromatic rings. The molecule has 0 saturated carbocycles. The Bertz CT molecular complexity index is 3060. The molecule has 0 aliphatic carbocycles. The summed E-state index contributed by atoms with van der Waals surface area (Å²) in [7, 11) is 0. The smallest absolute Gasteiger partial charge is 0.0794 e. The van der Waals surface area contributed by atoms with Crippen LogP contribution in [0.2, 0.25) is 0 Å². The molecular weight excluding hydrogens is 613 g/mol. The third kappa shape index (κ3) is 3.88. The van der Waals surface area contributed by atoms with E-state index in [1.807, 2.05) is 11.3 Å². The van der Waals surface area contributed by atoms with Crippen LogP contribution in [0.1, 0.15) is 0 Å². The van der Waals surface area contributed by atoms with Gasteiger partial charge in [-0.05, 0) is 34.5 Å². The van der Waals surface area contributed by atoms with E-state index < -0.39 is 0 Å². The van der Waals surface area contributed by atoms with Gasteiger partial charge in [0.1, 0.15) is 0 Å². The van der Waals surface area contributed by atoms with Crippen molar-refractivity contribution >= 4 is 96.5 Å². The molecule has 8 aromatic carbocycles. The van der Waals surface area contributed by atoms with Crippen LogP contribution < -0.4 is 0 Å². The highest BCUT2D eigenvalue weighted by atomic mass is 32.1. The molecule has 0 unspecified atom stereocenters. The monoisotopic (exact) mass is 638 g/mol. The van der Waals surface area contributed by atoms with Gasteiger partial charge in [-0.15, -0.1) is 11.3 Å². The summed E-state index contributed by atoms with van der Waals surface area (Å²) in [5.41, 5.74) is 7.59. The number of aromatic nitrogens is 2. The SMILES string of the molecule is c1ccc2c(c1)ccc1c(-c3ccc(-c4nc5ccccc5c5c4ccc4sc6ccccc6c45)cc3)c3ccc4ccccc4c3nc12. The van der Waals surface area contributed by atoms with Crippen molar-refractivity contribution in [3.63, 3.8) is 0 Å². The van der Waals surface area contributed by atoms with Crippen LogP contribution in [0.5, 0.6) is 0 Å². The highest BCUT2D eigenvalue weighted by Crippen LogP contribution is 2.44. The van der Waals surface area contributed by atoms with Gasteiger partial charge >= 0.3 is 0 Å². The topological polar surface area (TPSA) is 25.8 Å². The van der Waals surface area contributed by atoms with E-state index in [0.717, 1.165) is 38.6 Å². The summed E-state index contributed by atoms with van der Waals surface area (Å²) < 4.78 is 2.62. The van der Waals surface area contributed by atoms with Gasteiger partial charge in [0.2, 0.25) is 0 Å². The molecule has 0 amide bonds. The summed E-state index contributed by atoms with van der Waals surface area (Å²) in [4.78, 5) is 10.7. The van der Waals surface area contributed by atoms with Gasteiger partial charge in [-0.1, -0.05) is 140 Å². The molecule has 3 aromatic heterocycles. The van der Waals surface area contributed by atoms with Crippen LogP contribution >= 0.6 is 11.3 Å². The van der Waals surface area contributed by atoms with Gasteiger partial charge in [0.25, 0.3) is 0 Å². The lowest BCUT2D eigenvalue weighted by Gasteiger charge is -2.15. The molecule has 11 rings (SSSR count). The van der Waals surface area contributed by atoms with Crippen LogP contribution in [-0.2, 0) is 0 Å². The number of fused-ring (bicyclic) bond motifs is 13. The number of nitrogens with zero attached hydrogens (tertiary/aromatic N) is 2. The Morgan fingerprint density at radius 1 is 0.347 bits per heavy atom. The predicted octanol–water partition coefficient (Wildman–Crippen LogP) is 13.1. The van der Waals surface area contributed by atoms with Gasteiger partial charge in [0.15, 0.2) is 0 Å². The number of pyridine rings is 2. The Morgan fingerprint density at radius 3 is 1.63 bits per heavy atom. The second-order valence-corrected chi connectivity index (χ2v) is 14.0. The first kappa shape index (κ1) is 26.9. The average molecular weight is 639 g/mol. The Labute approximate surface area is 285 Å². The lowest BCUT2D eigenvalue weighted by Crippen LogP contribution is -1.93. The van der Waals surface area contributed by atoms with Gasteiger partial charge < -0.3 is 0 Å². The number of hydrogen-bond acceptors (Lipinski definition) is 3. The molecular formula is C46H26N2S. The fraction of sp³-hybridized carbons (Fsp3) is 0. The number of benzene rings is 8. The predicted molar refractivity (Wildman–Crippen MR) is 211 cm³/mol. The summed E-state index contributed by atoms with van der Waals surface area (Å²) in [6.45, 7) is 0. The summed E-state index contributed by atoms with van der Waals surface area (Å²) in [6, 6.07) is 57.0. The molecule has 0 N–H and O–H groups in total. The molecule has 0 bridgehead atoms. The lowest BCUT2D eigenvalue weighted by molar-refractivity contribution is 1.43. The summed E-state index contributed by atoms with van der Waals surface area (Å²) in [5.74, 6) is 0. The standard InChI is InChI=1S/C46H26N2S/c1-3-11-31-27(9-1)21-23-35-41(36-24-22-28-10-2-4-12-32(28)46(36)48-45(31)35)29-17-19-30(20-18-29)44-37-25-26-40-43(34-14-6-8-16-39(34)49-40)42(37)33-13-5-7-15-38(33)47-44/h1-26H. The number of hydrogen-bond donors (Lipinski definition) is 0. The molecule has 0 aliphatic heterocycles. The van der Waals surface area contributed by atoms with Crippen molar-refractivity contribution in [1.29, 1.82) is 0 Å². The third-order valence-corrected chi connectivity index (χ3v) is 11.4. The first-order valence-electron chi connectivity index (χ1n) is 16.7. The fourth-order valence-electron chi connectivity index (χ4n) is 7.99. The quantitative estimate of drug-likeness (QED) is 0.139. The normalized spacial score (nSPS) is 12.1. The van der Waals surface area contributed by atoms with Gasteiger partial charge in [-0.3, -0.25) is 0 Å². The fourth-order valence-corrected chi connectivity index (χ4v) is 9.11. The van der Waals surface area contributed by atoms with Crippen LogP contribution in [0, 0.1) is 0 Å². The maximum atomic E-state index is 5.38. The minimum atomic E-state index is 1.01. The van der Waals surface area contributed by atoms with E-state index in [0.29, 0.717) is 0 Å². The molecule has 0 spiro atoms. The summed E-state index contributed by atoms with van der Waals surface area (Å²) in [6.07, 6.45) is 0. The molecule has 0 aliphatic rings. The molecule has 3 heteroatoms. The van der Waals surface area contributed by atoms with Crippen molar-refractivity contribution in [3.05, 3.63) is 158 Å². The number of thiophene rings is 1. The van der Waals surface area contributed by atoms with Crippen LogP contribution in [0.25, 0.3) is 108 Å². The molecule has 0 radical (unpaired) electrons. The maximum absolute atomic E-state index is 5.38. The van der Waals surface area contributed by atoms with Gasteiger partial charge in [0, 0.05) is 69.0 Å². The van der Waals surface area contributed by atoms with Gasteiger partial charge in [0.05, 0.1) is 22.2 Å². The molecule has 3 heterocycles. The van der Waals surface area contributed by atoms with Crippen LogP contribution in [-0.4, -0.2) is 9.97 Å².